The monoisotopic (exact) mass is 845 g/mol. The second kappa shape index (κ2) is 16.6. The minimum Gasteiger partial charge on any atom is -0.458 e. The lowest BCUT2D eigenvalue weighted by atomic mass is 9.89. The summed E-state index contributed by atoms with van der Waals surface area (Å²) in [6.07, 6.45) is 5.47. The van der Waals surface area contributed by atoms with Crippen LogP contribution in [0, 0.1) is 0 Å². The van der Waals surface area contributed by atoms with Crippen molar-refractivity contribution in [3.63, 3.8) is 0 Å². The third kappa shape index (κ3) is 10.0. The number of esters is 1. The van der Waals surface area contributed by atoms with Crippen molar-refractivity contribution in [3.8, 4) is 11.3 Å². The summed E-state index contributed by atoms with van der Waals surface area (Å²) in [4.78, 5) is 37.3. The van der Waals surface area contributed by atoms with Crippen LogP contribution >= 0.6 is 46.4 Å². The molecule has 2 atom stereocenters. The number of para-hydroxylation sites is 1. The van der Waals surface area contributed by atoms with Crippen molar-refractivity contribution in [1.82, 2.24) is 18.8 Å². The van der Waals surface area contributed by atoms with Crippen LogP contribution in [0.25, 0.3) is 22.2 Å². The van der Waals surface area contributed by atoms with E-state index >= 15 is 0 Å². The number of benzene rings is 3. The summed E-state index contributed by atoms with van der Waals surface area (Å²) in [5, 5.41) is 4.36. The maximum atomic E-state index is 13.7. The van der Waals surface area contributed by atoms with Crippen LogP contribution in [0.15, 0.2) is 96.2 Å². The number of rotatable bonds is 10. The van der Waals surface area contributed by atoms with E-state index in [1.54, 1.807) is 77.8 Å². The predicted octanol–water partition coefficient (Wildman–Crippen LogP) is 9.68. The van der Waals surface area contributed by atoms with Gasteiger partial charge in [-0.15, -0.1) is 0 Å². The Hall–Kier alpha value is -4.07. The normalized spacial score (nSPS) is 16.4. The van der Waals surface area contributed by atoms with E-state index < -0.39 is 38.1 Å². The van der Waals surface area contributed by atoms with Gasteiger partial charge in [-0.05, 0) is 82.3 Å². The number of alkyl halides is 3. The number of nitrogens with one attached hydrogen (secondary N) is 1. The molecular formula is C39H39Cl4N5O6S. The second-order valence-electron chi connectivity index (χ2n) is 14.2. The number of fused-ring (bicyclic) bond motifs is 1. The lowest BCUT2D eigenvalue weighted by molar-refractivity contribution is 0.00933. The fourth-order valence-corrected chi connectivity index (χ4v) is 8.21. The zero-order valence-electron chi connectivity index (χ0n) is 30.2. The Bertz CT molecular complexity index is 2280. The van der Waals surface area contributed by atoms with Gasteiger partial charge in [-0.1, -0.05) is 94.9 Å². The first-order valence-electron chi connectivity index (χ1n) is 17.5. The summed E-state index contributed by atoms with van der Waals surface area (Å²) in [5.74, 6) is -0.326. The van der Waals surface area contributed by atoms with Crippen molar-refractivity contribution in [1.29, 1.82) is 0 Å². The molecule has 3 aromatic carbocycles. The molecule has 0 unspecified atom stereocenters. The Kier molecular flexibility index (Phi) is 12.2. The highest BCUT2D eigenvalue weighted by molar-refractivity contribution is 7.90. The van der Waals surface area contributed by atoms with Gasteiger partial charge in [-0.3, -0.25) is 0 Å². The van der Waals surface area contributed by atoms with E-state index in [-0.39, 0.29) is 34.1 Å². The van der Waals surface area contributed by atoms with E-state index in [1.165, 1.54) is 10.2 Å². The van der Waals surface area contributed by atoms with Crippen molar-refractivity contribution in [2.75, 3.05) is 11.9 Å². The highest BCUT2D eigenvalue weighted by Gasteiger charge is 2.33. The molecule has 0 bridgehead atoms. The molecule has 6 rings (SSSR count). The van der Waals surface area contributed by atoms with Gasteiger partial charge in [0.2, 0.25) is 9.74 Å². The Morgan fingerprint density at radius 2 is 1.65 bits per heavy atom. The highest BCUT2D eigenvalue weighted by atomic mass is 35.6. The molecule has 5 aromatic rings. The fraction of sp³-hybridized carbons (Fsp3) is 0.333. The van der Waals surface area contributed by atoms with E-state index in [2.05, 4.69) is 10.3 Å². The van der Waals surface area contributed by atoms with Crippen molar-refractivity contribution in [2.45, 2.75) is 79.4 Å². The Labute approximate surface area is 339 Å². The van der Waals surface area contributed by atoms with Gasteiger partial charge in [0.1, 0.15) is 12.2 Å². The quantitative estimate of drug-likeness (QED) is 0.108. The summed E-state index contributed by atoms with van der Waals surface area (Å²) in [7, 11) is -3.93. The number of amides is 1. The number of hydrogen-bond donors (Lipinski definition) is 1. The molecule has 2 heterocycles. The van der Waals surface area contributed by atoms with Gasteiger partial charge in [-0.2, -0.15) is 0 Å². The van der Waals surface area contributed by atoms with Crippen molar-refractivity contribution in [3.05, 3.63) is 107 Å². The number of halogens is 4. The van der Waals surface area contributed by atoms with E-state index in [9.17, 15) is 18.0 Å². The van der Waals surface area contributed by atoms with Gasteiger partial charge in [0.05, 0.1) is 32.9 Å². The number of anilines is 1. The van der Waals surface area contributed by atoms with Gasteiger partial charge < -0.3 is 19.7 Å². The summed E-state index contributed by atoms with van der Waals surface area (Å²) >= 11 is 23.8. The molecule has 2 aromatic heterocycles. The first-order chi connectivity index (χ1) is 26.0. The SMILES string of the molecule is CC(C)(C)OC(=O)N(Cc1ccc(C(=O)OCC(Cl)(Cl)Cl)cc1)[C@H]1CCC[C@@H](Nc2ncc(Cl)c(-c3cn(S(=O)(=O)c4ccccc4)c4ccccc34)n2)C1. The molecule has 0 aliphatic heterocycles. The first kappa shape index (κ1) is 40.6. The standard InChI is InChI=1S/C39H39Cl4N5O6S/c1-38(2,3)54-37(50)47(22-25-16-18-26(19-17-25)35(49)53-24-39(41,42)43)28-11-9-10-27(20-28)45-36-44-21-32(40)34(46-36)31-23-48(33-15-8-7-14-30(31)33)55(51,52)29-12-5-4-6-13-29/h4-8,12-19,21,23,27-28H,9-11,20,22,24H2,1-3H3,(H,44,45,46)/t27-,28+/m1/s1. The molecule has 55 heavy (non-hydrogen) atoms. The van der Waals surface area contributed by atoms with Crippen LogP contribution in [-0.4, -0.2) is 67.4 Å². The number of ether oxygens (including phenoxy) is 2. The summed E-state index contributed by atoms with van der Waals surface area (Å²) in [6.45, 7) is 5.28. The van der Waals surface area contributed by atoms with E-state index in [4.69, 9.17) is 60.9 Å². The number of carbonyl (C=O) groups is 2. The number of carbonyl (C=O) groups excluding carboxylic acids is 2. The molecule has 0 saturated heterocycles. The lowest BCUT2D eigenvalue weighted by Gasteiger charge is -2.38. The van der Waals surface area contributed by atoms with Crippen molar-refractivity contribution in [2.24, 2.45) is 0 Å². The number of aromatic nitrogens is 3. The van der Waals surface area contributed by atoms with Crippen LogP contribution in [0.5, 0.6) is 0 Å². The fourth-order valence-electron chi connectivity index (χ4n) is 6.47. The molecule has 0 spiro atoms. The van der Waals surface area contributed by atoms with Crippen LogP contribution in [-0.2, 0) is 26.0 Å². The molecular weight excluding hydrogens is 808 g/mol. The molecule has 1 aliphatic rings. The zero-order valence-corrected chi connectivity index (χ0v) is 34.1. The topological polar surface area (TPSA) is 133 Å². The van der Waals surface area contributed by atoms with Gasteiger partial charge in [0, 0.05) is 35.8 Å². The molecule has 1 N–H and O–H groups in total. The van der Waals surface area contributed by atoms with Gasteiger partial charge in [0.15, 0.2) is 0 Å². The molecule has 11 nitrogen and oxygen atoms in total. The smallest absolute Gasteiger partial charge is 0.410 e. The molecule has 1 fully saturated rings. The lowest BCUT2D eigenvalue weighted by Crippen LogP contribution is -2.46. The number of hydrogen-bond acceptors (Lipinski definition) is 9. The average molecular weight is 848 g/mol. The minimum atomic E-state index is -3.93. The zero-order chi connectivity index (χ0) is 39.5. The molecule has 0 radical (unpaired) electrons. The molecule has 16 heteroatoms. The van der Waals surface area contributed by atoms with E-state index in [0.717, 1.165) is 24.8 Å². The first-order valence-corrected chi connectivity index (χ1v) is 20.5. The highest BCUT2D eigenvalue weighted by Crippen LogP contribution is 2.36. The second-order valence-corrected chi connectivity index (χ2v) is 19.0. The molecule has 1 amide bonds. The Morgan fingerprint density at radius 1 is 0.964 bits per heavy atom. The molecule has 1 aliphatic carbocycles. The predicted molar refractivity (Wildman–Crippen MR) is 215 cm³/mol. The molecule has 1 saturated carbocycles. The van der Waals surface area contributed by atoms with Crippen LogP contribution < -0.4 is 5.32 Å². The average Bonchev–Trinajstić information content (AvgIpc) is 3.54. The largest absolute Gasteiger partial charge is 0.458 e. The van der Waals surface area contributed by atoms with Crippen LogP contribution in [0.4, 0.5) is 10.7 Å². The third-order valence-electron chi connectivity index (χ3n) is 8.94. The van der Waals surface area contributed by atoms with Crippen molar-refractivity contribution >= 4 is 85.3 Å². The van der Waals surface area contributed by atoms with E-state index in [0.29, 0.717) is 34.5 Å². The summed E-state index contributed by atoms with van der Waals surface area (Å²) in [6, 6.07) is 21.7. The van der Waals surface area contributed by atoms with E-state index in [1.807, 2.05) is 32.9 Å². The minimum absolute atomic E-state index is 0.118. The maximum absolute atomic E-state index is 13.7. The van der Waals surface area contributed by atoms with Gasteiger partial charge in [0.25, 0.3) is 10.0 Å². The Morgan fingerprint density at radius 3 is 2.35 bits per heavy atom. The third-order valence-corrected chi connectivity index (χ3v) is 11.2. The Balaban J connectivity index is 1.23. The van der Waals surface area contributed by atoms with Crippen LogP contribution in [0.2, 0.25) is 5.02 Å². The number of nitrogens with zero attached hydrogens (tertiary/aromatic N) is 4. The van der Waals surface area contributed by atoms with Crippen molar-refractivity contribution < 1.29 is 27.5 Å². The maximum Gasteiger partial charge on any atom is 0.410 e. The molecule has 290 valence electrons. The summed E-state index contributed by atoms with van der Waals surface area (Å²) < 4.78 is 37.9. The van der Waals surface area contributed by atoms with Gasteiger partial charge in [-0.25, -0.2) is 31.9 Å². The van der Waals surface area contributed by atoms with Crippen LogP contribution in [0.3, 0.4) is 0 Å². The van der Waals surface area contributed by atoms with Gasteiger partial charge >= 0.3 is 12.1 Å². The van der Waals surface area contributed by atoms with Crippen LogP contribution in [0.1, 0.15) is 62.4 Å². The summed E-state index contributed by atoms with van der Waals surface area (Å²) in [5.41, 5.74) is 1.71.